The second-order valence-electron chi connectivity index (χ2n) is 2.80. The number of halogens is 1. The molecule has 0 aromatic rings. The van der Waals surface area contributed by atoms with Crippen LogP contribution in [0.15, 0.2) is 0 Å². The molecule has 0 bridgehead atoms. The lowest BCUT2D eigenvalue weighted by Gasteiger charge is -1.98. The van der Waals surface area contributed by atoms with Crippen molar-refractivity contribution in [3.05, 3.63) is 0 Å². The molecule has 0 N–H and O–H groups in total. The smallest absolute Gasteiger partial charge is 0.0307 e. The third-order valence-corrected chi connectivity index (χ3v) is 1.89. The minimum Gasteiger partial charge on any atom is -0.123 e. The van der Waals surface area contributed by atoms with Gasteiger partial charge in [-0.2, -0.15) is 0 Å². The summed E-state index contributed by atoms with van der Waals surface area (Å²) in [6, 6.07) is 0. The summed E-state index contributed by atoms with van der Waals surface area (Å²) in [6.45, 7) is 2.07. The second-order valence-corrected chi connectivity index (χ2v) is 3.55. The van der Waals surface area contributed by atoms with Crippen LogP contribution >= 0.6 is 11.6 Å². The minimum absolute atomic E-state index is 0.399. The highest BCUT2D eigenvalue weighted by molar-refractivity contribution is 6.20. The van der Waals surface area contributed by atoms with Crippen molar-refractivity contribution in [2.75, 3.05) is 0 Å². The maximum atomic E-state index is 5.75. The van der Waals surface area contributed by atoms with E-state index in [0.29, 0.717) is 5.38 Å². The summed E-state index contributed by atoms with van der Waals surface area (Å²) in [4.78, 5) is 0. The van der Waals surface area contributed by atoms with E-state index < -0.39 is 0 Å². The van der Waals surface area contributed by atoms with Crippen molar-refractivity contribution in [1.29, 1.82) is 0 Å². The monoisotopic (exact) mass is 132 g/mol. The molecule has 1 heteroatoms. The van der Waals surface area contributed by atoms with E-state index in [2.05, 4.69) is 6.92 Å². The number of rotatable bonds is 3. The number of hydrogen-bond acceptors (Lipinski definition) is 0. The number of hydrogen-bond donors (Lipinski definition) is 0. The van der Waals surface area contributed by atoms with Gasteiger partial charge in [0.15, 0.2) is 0 Å². The summed E-state index contributed by atoms with van der Waals surface area (Å²) >= 11 is 5.75. The second kappa shape index (κ2) is 2.72. The molecule has 0 aromatic heterocycles. The van der Waals surface area contributed by atoms with Gasteiger partial charge < -0.3 is 0 Å². The van der Waals surface area contributed by atoms with Crippen LogP contribution in [0.5, 0.6) is 0 Å². The Kier molecular flexibility index (Phi) is 2.18. The summed E-state index contributed by atoms with van der Waals surface area (Å²) in [7, 11) is 0. The molecule has 0 aliphatic heterocycles. The highest BCUT2D eigenvalue weighted by Crippen LogP contribution is 2.34. The third-order valence-electron chi connectivity index (χ3n) is 1.67. The van der Waals surface area contributed by atoms with Crippen LogP contribution in [0.1, 0.15) is 32.6 Å². The van der Waals surface area contributed by atoms with Gasteiger partial charge in [-0.05, 0) is 25.7 Å². The fourth-order valence-electron chi connectivity index (χ4n) is 0.872. The van der Waals surface area contributed by atoms with Crippen LogP contribution in [-0.4, -0.2) is 5.38 Å². The van der Waals surface area contributed by atoms with E-state index in [1.165, 1.54) is 25.7 Å². The Balaban J connectivity index is 1.87. The van der Waals surface area contributed by atoms with E-state index in [-0.39, 0.29) is 0 Å². The first-order chi connectivity index (χ1) is 3.79. The molecule has 0 nitrogen and oxygen atoms in total. The average molecular weight is 133 g/mol. The molecular formula is C7H13Cl. The highest BCUT2D eigenvalue weighted by atomic mass is 35.5. The van der Waals surface area contributed by atoms with Crippen molar-refractivity contribution < 1.29 is 0 Å². The van der Waals surface area contributed by atoms with E-state index in [0.717, 1.165) is 5.92 Å². The zero-order valence-corrected chi connectivity index (χ0v) is 6.12. The topological polar surface area (TPSA) is 0 Å². The molecule has 0 heterocycles. The summed E-state index contributed by atoms with van der Waals surface area (Å²) in [6.07, 6.45) is 5.50. The zero-order chi connectivity index (χ0) is 5.98. The lowest BCUT2D eigenvalue weighted by atomic mass is 10.2. The van der Waals surface area contributed by atoms with Gasteiger partial charge in [0.25, 0.3) is 0 Å². The van der Waals surface area contributed by atoms with E-state index in [1.807, 2.05) is 0 Å². The Hall–Kier alpha value is 0.290. The van der Waals surface area contributed by atoms with Crippen LogP contribution in [0.2, 0.25) is 0 Å². The fourth-order valence-corrected chi connectivity index (χ4v) is 0.998. The Bertz CT molecular complexity index is 62.8. The van der Waals surface area contributed by atoms with Gasteiger partial charge in [0, 0.05) is 5.38 Å². The van der Waals surface area contributed by atoms with E-state index in [9.17, 15) is 0 Å². The fraction of sp³-hybridized carbons (Fsp3) is 1.00. The van der Waals surface area contributed by atoms with Crippen LogP contribution in [-0.2, 0) is 0 Å². The van der Waals surface area contributed by atoms with Crippen molar-refractivity contribution in [2.45, 2.75) is 38.0 Å². The minimum atomic E-state index is 0.399. The molecule has 48 valence electrons. The predicted octanol–water partition coefficient (Wildman–Crippen LogP) is 2.80. The molecule has 0 aromatic carbocycles. The van der Waals surface area contributed by atoms with E-state index in [1.54, 1.807) is 0 Å². The van der Waals surface area contributed by atoms with Crippen molar-refractivity contribution in [3.8, 4) is 0 Å². The molecule has 0 amide bonds. The molecule has 1 aliphatic carbocycles. The van der Waals surface area contributed by atoms with E-state index in [4.69, 9.17) is 11.6 Å². The Labute approximate surface area is 56.2 Å². The van der Waals surface area contributed by atoms with Gasteiger partial charge in [-0.1, -0.05) is 12.8 Å². The van der Waals surface area contributed by atoms with Crippen molar-refractivity contribution in [2.24, 2.45) is 5.92 Å². The molecule has 0 saturated heterocycles. The van der Waals surface area contributed by atoms with E-state index >= 15 is 0 Å². The molecule has 1 atom stereocenters. The summed E-state index contributed by atoms with van der Waals surface area (Å²) < 4.78 is 0. The van der Waals surface area contributed by atoms with Crippen molar-refractivity contribution >= 4 is 11.6 Å². The first kappa shape index (κ1) is 6.41. The van der Waals surface area contributed by atoms with Crippen molar-refractivity contribution in [1.82, 2.24) is 0 Å². The van der Waals surface area contributed by atoms with Gasteiger partial charge >= 0.3 is 0 Å². The lowest BCUT2D eigenvalue weighted by molar-refractivity contribution is 0.659. The summed E-state index contributed by atoms with van der Waals surface area (Å²) in [5.74, 6) is 1.05. The van der Waals surface area contributed by atoms with Gasteiger partial charge in [-0.25, -0.2) is 0 Å². The maximum absolute atomic E-state index is 5.75. The lowest BCUT2D eigenvalue weighted by Crippen LogP contribution is -1.90. The maximum Gasteiger partial charge on any atom is 0.0307 e. The molecule has 1 fully saturated rings. The molecule has 0 radical (unpaired) electrons. The first-order valence-electron chi connectivity index (χ1n) is 3.43. The molecule has 1 saturated carbocycles. The Morgan fingerprint density at radius 2 is 2.25 bits per heavy atom. The third kappa shape index (κ3) is 2.56. The SMILES string of the molecule is CC(Cl)CCC1CC1. The van der Waals surface area contributed by atoms with Crippen LogP contribution < -0.4 is 0 Å². The Morgan fingerprint density at radius 3 is 2.62 bits per heavy atom. The molecule has 0 spiro atoms. The van der Waals surface area contributed by atoms with Gasteiger partial charge in [-0.15, -0.1) is 11.6 Å². The summed E-state index contributed by atoms with van der Waals surface area (Å²) in [5.41, 5.74) is 0. The largest absolute Gasteiger partial charge is 0.123 e. The summed E-state index contributed by atoms with van der Waals surface area (Å²) in [5, 5.41) is 0.399. The quantitative estimate of drug-likeness (QED) is 0.518. The van der Waals surface area contributed by atoms with Crippen LogP contribution in [0.25, 0.3) is 0 Å². The van der Waals surface area contributed by atoms with Crippen LogP contribution in [0, 0.1) is 5.92 Å². The molecule has 1 aliphatic rings. The molecule has 1 rings (SSSR count). The van der Waals surface area contributed by atoms with Gasteiger partial charge in [0.2, 0.25) is 0 Å². The average Bonchev–Trinajstić information content (AvgIpc) is 2.41. The zero-order valence-electron chi connectivity index (χ0n) is 5.36. The van der Waals surface area contributed by atoms with Crippen molar-refractivity contribution in [3.63, 3.8) is 0 Å². The number of alkyl halides is 1. The Morgan fingerprint density at radius 1 is 1.62 bits per heavy atom. The van der Waals surface area contributed by atoms with Gasteiger partial charge in [-0.3, -0.25) is 0 Å². The standard InChI is InChI=1S/C7H13Cl/c1-6(8)2-3-7-4-5-7/h6-7H,2-5H2,1H3. The highest BCUT2D eigenvalue weighted by Gasteiger charge is 2.20. The first-order valence-corrected chi connectivity index (χ1v) is 3.86. The van der Waals surface area contributed by atoms with Crippen LogP contribution in [0.3, 0.4) is 0 Å². The van der Waals surface area contributed by atoms with Gasteiger partial charge in [0.05, 0.1) is 0 Å². The normalized spacial score (nSPS) is 23.2. The van der Waals surface area contributed by atoms with Crippen LogP contribution in [0.4, 0.5) is 0 Å². The molecule has 1 unspecified atom stereocenters. The molecular weight excluding hydrogens is 120 g/mol. The predicted molar refractivity (Wildman–Crippen MR) is 37.3 cm³/mol. The van der Waals surface area contributed by atoms with Gasteiger partial charge in [0.1, 0.15) is 0 Å². The molecule has 8 heavy (non-hydrogen) atoms.